The minimum atomic E-state index is -0.537. The fourth-order valence-corrected chi connectivity index (χ4v) is 4.80. The SMILES string of the molecule is CCCCC(c1c(OC)c(OCOC)cc(OC)c1OCOC)c1c(OC)c(OCOC)c(Cl)c(OC)c1OCOC. The molecule has 0 bridgehead atoms. The van der Waals surface area contributed by atoms with Crippen LogP contribution in [0.15, 0.2) is 6.07 Å². The van der Waals surface area contributed by atoms with Crippen molar-refractivity contribution in [3.63, 3.8) is 0 Å². The van der Waals surface area contributed by atoms with Gasteiger partial charge in [-0.15, -0.1) is 0 Å². The second kappa shape index (κ2) is 18.5. The Morgan fingerprint density at radius 2 is 1.05 bits per heavy atom. The molecular formula is C29H43ClO12. The molecule has 0 fully saturated rings. The molecule has 2 aromatic rings. The molecule has 0 saturated carbocycles. The molecule has 0 aliphatic rings. The van der Waals surface area contributed by atoms with Gasteiger partial charge in [0.2, 0.25) is 0 Å². The summed E-state index contributed by atoms with van der Waals surface area (Å²) in [6, 6.07) is 1.67. The van der Waals surface area contributed by atoms with E-state index in [-0.39, 0.29) is 49.4 Å². The van der Waals surface area contributed by atoms with Crippen molar-refractivity contribution in [3.8, 4) is 46.0 Å². The molecule has 42 heavy (non-hydrogen) atoms. The highest BCUT2D eigenvalue weighted by Crippen LogP contribution is 2.59. The molecule has 0 radical (unpaired) electrons. The van der Waals surface area contributed by atoms with Crippen molar-refractivity contribution >= 4 is 11.6 Å². The van der Waals surface area contributed by atoms with Gasteiger partial charge in [0, 0.05) is 40.4 Å². The molecule has 0 saturated heterocycles. The van der Waals surface area contributed by atoms with E-state index < -0.39 is 5.92 Å². The first-order chi connectivity index (χ1) is 20.4. The number of halogens is 1. The summed E-state index contributed by atoms with van der Waals surface area (Å²) in [4.78, 5) is 0. The monoisotopic (exact) mass is 618 g/mol. The summed E-state index contributed by atoms with van der Waals surface area (Å²) in [6.07, 6.45) is 2.23. The fourth-order valence-electron chi connectivity index (χ4n) is 4.49. The summed E-state index contributed by atoms with van der Waals surface area (Å²) in [5.41, 5.74) is 1.12. The van der Waals surface area contributed by atoms with Gasteiger partial charge >= 0.3 is 0 Å². The quantitative estimate of drug-likeness (QED) is 0.162. The summed E-state index contributed by atoms with van der Waals surface area (Å²) < 4.78 is 68.5. The Morgan fingerprint density at radius 1 is 0.548 bits per heavy atom. The van der Waals surface area contributed by atoms with Gasteiger partial charge in [0.05, 0.1) is 39.6 Å². The number of hydrogen-bond donors (Lipinski definition) is 0. The van der Waals surface area contributed by atoms with E-state index >= 15 is 0 Å². The van der Waals surface area contributed by atoms with Crippen LogP contribution < -0.4 is 37.9 Å². The Morgan fingerprint density at radius 3 is 1.55 bits per heavy atom. The van der Waals surface area contributed by atoms with Gasteiger partial charge in [-0.05, 0) is 6.42 Å². The van der Waals surface area contributed by atoms with Gasteiger partial charge in [-0.25, -0.2) is 0 Å². The van der Waals surface area contributed by atoms with Crippen molar-refractivity contribution < 1.29 is 56.8 Å². The van der Waals surface area contributed by atoms with Crippen molar-refractivity contribution in [2.45, 2.75) is 32.1 Å². The molecule has 0 N–H and O–H groups in total. The molecule has 13 heteroatoms. The topological polar surface area (TPSA) is 111 Å². The van der Waals surface area contributed by atoms with E-state index in [9.17, 15) is 0 Å². The van der Waals surface area contributed by atoms with Gasteiger partial charge < -0.3 is 56.8 Å². The van der Waals surface area contributed by atoms with E-state index in [2.05, 4.69) is 6.92 Å². The zero-order chi connectivity index (χ0) is 31.1. The lowest BCUT2D eigenvalue weighted by Crippen LogP contribution is -2.15. The van der Waals surface area contributed by atoms with Gasteiger partial charge in [0.1, 0.15) is 5.02 Å². The first-order valence-electron chi connectivity index (χ1n) is 13.2. The summed E-state index contributed by atoms with van der Waals surface area (Å²) in [6.45, 7) is 1.78. The highest BCUT2D eigenvalue weighted by atomic mass is 35.5. The molecule has 2 aromatic carbocycles. The average Bonchev–Trinajstić information content (AvgIpc) is 3.01. The van der Waals surface area contributed by atoms with E-state index in [0.717, 1.165) is 12.8 Å². The van der Waals surface area contributed by atoms with Crippen LogP contribution in [0.25, 0.3) is 0 Å². The third kappa shape index (κ3) is 8.07. The van der Waals surface area contributed by atoms with Gasteiger partial charge in [0.15, 0.2) is 73.2 Å². The molecule has 2 rings (SSSR count). The van der Waals surface area contributed by atoms with Crippen molar-refractivity contribution in [1.82, 2.24) is 0 Å². The van der Waals surface area contributed by atoms with E-state index in [1.807, 2.05) is 0 Å². The maximum absolute atomic E-state index is 6.80. The van der Waals surface area contributed by atoms with Crippen LogP contribution in [0.2, 0.25) is 5.02 Å². The number of unbranched alkanes of at least 4 members (excludes halogenated alkanes) is 1. The molecule has 12 nitrogen and oxygen atoms in total. The Labute approximate surface area is 252 Å². The van der Waals surface area contributed by atoms with Crippen LogP contribution >= 0.6 is 11.6 Å². The molecule has 1 atom stereocenters. The number of ether oxygens (including phenoxy) is 12. The van der Waals surface area contributed by atoms with Crippen molar-refractivity contribution in [3.05, 3.63) is 22.2 Å². The smallest absolute Gasteiger partial charge is 0.188 e. The van der Waals surface area contributed by atoms with E-state index in [4.69, 9.17) is 68.4 Å². The van der Waals surface area contributed by atoms with E-state index in [1.54, 1.807) is 6.07 Å². The second-order valence-electron chi connectivity index (χ2n) is 8.70. The molecule has 0 aliphatic carbocycles. The number of hydrogen-bond acceptors (Lipinski definition) is 12. The normalized spacial score (nSPS) is 11.6. The Kier molecular flexibility index (Phi) is 15.5. The minimum Gasteiger partial charge on any atom is -0.493 e. The maximum Gasteiger partial charge on any atom is 0.188 e. The second-order valence-corrected chi connectivity index (χ2v) is 9.08. The zero-order valence-corrected chi connectivity index (χ0v) is 26.6. The first kappa shape index (κ1) is 35.2. The lowest BCUT2D eigenvalue weighted by Gasteiger charge is -2.30. The number of methoxy groups -OCH3 is 8. The van der Waals surface area contributed by atoms with Crippen molar-refractivity contribution in [2.24, 2.45) is 0 Å². The van der Waals surface area contributed by atoms with Gasteiger partial charge in [-0.1, -0.05) is 31.4 Å². The average molecular weight is 619 g/mol. The van der Waals surface area contributed by atoms with Crippen LogP contribution in [0.3, 0.4) is 0 Å². The highest BCUT2D eigenvalue weighted by molar-refractivity contribution is 6.34. The Bertz CT molecular complexity index is 1110. The van der Waals surface area contributed by atoms with Gasteiger partial charge in [0.25, 0.3) is 0 Å². The Hall–Kier alpha value is -3.03. The van der Waals surface area contributed by atoms with E-state index in [0.29, 0.717) is 46.3 Å². The summed E-state index contributed by atoms with van der Waals surface area (Å²) in [5, 5.41) is 0.132. The predicted octanol–water partition coefficient (Wildman–Crippen LogP) is 5.63. The van der Waals surface area contributed by atoms with Crippen LogP contribution in [0, 0.1) is 0 Å². The summed E-state index contributed by atoms with van der Waals surface area (Å²) in [7, 11) is 12.1. The van der Waals surface area contributed by atoms with Crippen molar-refractivity contribution in [2.75, 3.05) is 84.1 Å². The molecule has 0 aliphatic heterocycles. The maximum atomic E-state index is 6.80. The summed E-state index contributed by atoms with van der Waals surface area (Å²) >= 11 is 6.80. The van der Waals surface area contributed by atoms with Crippen LogP contribution in [0.4, 0.5) is 0 Å². The molecule has 0 amide bonds. The van der Waals surface area contributed by atoms with Crippen LogP contribution in [-0.2, 0) is 18.9 Å². The first-order valence-corrected chi connectivity index (χ1v) is 13.5. The molecule has 1 unspecified atom stereocenters. The largest absolute Gasteiger partial charge is 0.493 e. The minimum absolute atomic E-state index is 0.0356. The molecule has 238 valence electrons. The standard InChI is InChI=1S/C29H43ClO12/c1-10-11-12-18(21-24(36-7)20(39-14-31-2)13-19(35-6)25(21)40-15-32-3)22-26(37-8)29(42-17-34-5)23(30)28(38-9)27(22)41-16-33-4/h13,18H,10-12,14-17H2,1-9H3. The van der Waals surface area contributed by atoms with Gasteiger partial charge in [-0.3, -0.25) is 0 Å². The highest BCUT2D eigenvalue weighted by Gasteiger charge is 2.37. The number of rotatable bonds is 21. The lowest BCUT2D eigenvalue weighted by atomic mass is 9.83. The molecule has 0 aromatic heterocycles. The van der Waals surface area contributed by atoms with Gasteiger partial charge in [-0.2, -0.15) is 0 Å². The van der Waals surface area contributed by atoms with Crippen LogP contribution in [0.1, 0.15) is 43.2 Å². The molecular weight excluding hydrogens is 576 g/mol. The molecule has 0 heterocycles. The third-order valence-corrected chi connectivity index (χ3v) is 6.51. The van der Waals surface area contributed by atoms with Crippen molar-refractivity contribution in [1.29, 1.82) is 0 Å². The van der Waals surface area contributed by atoms with Crippen LogP contribution in [-0.4, -0.2) is 84.1 Å². The molecule has 0 spiro atoms. The number of benzene rings is 2. The zero-order valence-electron chi connectivity index (χ0n) is 25.9. The predicted molar refractivity (Wildman–Crippen MR) is 155 cm³/mol. The van der Waals surface area contributed by atoms with Crippen LogP contribution in [0.5, 0.6) is 46.0 Å². The Balaban J connectivity index is 3.17. The van der Waals surface area contributed by atoms with E-state index in [1.165, 1.54) is 56.9 Å². The summed E-state index contributed by atoms with van der Waals surface area (Å²) in [5.74, 6) is 1.97. The lowest BCUT2D eigenvalue weighted by molar-refractivity contribution is 0.0430. The third-order valence-electron chi connectivity index (χ3n) is 6.17. The fraction of sp³-hybridized carbons (Fsp3) is 0.586.